The van der Waals surface area contributed by atoms with Crippen LogP contribution in [-0.4, -0.2) is 49.3 Å². The van der Waals surface area contributed by atoms with Crippen LogP contribution in [0.3, 0.4) is 0 Å². The van der Waals surface area contributed by atoms with Crippen molar-refractivity contribution in [3.05, 3.63) is 30.0 Å². The molecule has 0 aliphatic heterocycles. The van der Waals surface area contributed by atoms with Gasteiger partial charge in [-0.25, -0.2) is 4.79 Å². The number of carboxylic acids is 1. The number of thioether (sulfide) groups is 1. The van der Waals surface area contributed by atoms with Gasteiger partial charge in [-0.15, -0.1) is 0 Å². The molecule has 140 valence electrons. The summed E-state index contributed by atoms with van der Waals surface area (Å²) >= 11 is 1.51. The smallest absolute Gasteiger partial charge is 0.326 e. The number of hydrogen-bond donors (Lipinski definition) is 3. The molecule has 1 unspecified atom stereocenters. The van der Waals surface area contributed by atoms with Crippen molar-refractivity contribution in [1.82, 2.24) is 5.32 Å². The maximum absolute atomic E-state index is 12.3. The second kappa shape index (κ2) is 10.9. The number of rotatable bonds is 10. The summed E-state index contributed by atoms with van der Waals surface area (Å²) < 4.78 is 10.3. The van der Waals surface area contributed by atoms with Crippen LogP contribution in [0, 0.1) is 11.3 Å². The molecule has 9 heteroatoms. The van der Waals surface area contributed by atoms with Gasteiger partial charge in [0.25, 0.3) is 5.91 Å². The van der Waals surface area contributed by atoms with Crippen molar-refractivity contribution in [3.8, 4) is 17.6 Å². The van der Waals surface area contributed by atoms with Crippen LogP contribution in [0.1, 0.15) is 6.42 Å². The lowest BCUT2D eigenvalue weighted by Gasteiger charge is -2.13. The van der Waals surface area contributed by atoms with Gasteiger partial charge in [-0.05, 0) is 30.6 Å². The molecule has 8 nitrogen and oxygen atoms in total. The van der Waals surface area contributed by atoms with E-state index in [2.05, 4.69) is 10.6 Å². The highest BCUT2D eigenvalue weighted by Crippen LogP contribution is 2.29. The quantitative estimate of drug-likeness (QED) is 0.416. The number of amides is 1. The molecule has 0 fully saturated rings. The standard InChI is InChI=1S/C17H21N3O5S/c1-24-12-4-5-15(25-2)14(8-12)20-16(21)11(9-18)10-19-13(17(22)23)6-7-26-3/h4-5,8,10,13,19H,6-7H2,1-3H3,(H,20,21)(H,22,23)/b11-10-. The Morgan fingerprint density at radius 3 is 2.65 bits per heavy atom. The van der Waals surface area contributed by atoms with Crippen LogP contribution < -0.4 is 20.1 Å². The van der Waals surface area contributed by atoms with Crippen LogP contribution in [0.15, 0.2) is 30.0 Å². The van der Waals surface area contributed by atoms with Gasteiger partial charge in [0.05, 0.1) is 19.9 Å². The first kappa shape index (κ1) is 21.2. The molecular formula is C17H21N3O5S. The summed E-state index contributed by atoms with van der Waals surface area (Å²) in [7, 11) is 2.93. The largest absolute Gasteiger partial charge is 0.497 e. The topological polar surface area (TPSA) is 121 Å². The highest BCUT2D eigenvalue weighted by molar-refractivity contribution is 7.98. The molecule has 0 bridgehead atoms. The average Bonchev–Trinajstić information content (AvgIpc) is 2.64. The minimum atomic E-state index is -1.05. The first-order chi connectivity index (χ1) is 12.5. The second-order valence-corrected chi connectivity index (χ2v) is 6.01. The number of aliphatic carboxylic acids is 1. The lowest BCUT2D eigenvalue weighted by molar-refractivity contribution is -0.139. The Balaban J connectivity index is 2.92. The van der Waals surface area contributed by atoms with Gasteiger partial charge in [0.1, 0.15) is 29.2 Å². The first-order valence-electron chi connectivity index (χ1n) is 7.58. The van der Waals surface area contributed by atoms with E-state index < -0.39 is 17.9 Å². The molecule has 1 rings (SSSR count). The number of nitriles is 1. The number of carbonyl (C=O) groups excluding carboxylic acids is 1. The van der Waals surface area contributed by atoms with Gasteiger partial charge in [-0.1, -0.05) is 0 Å². The fourth-order valence-corrected chi connectivity index (χ4v) is 2.42. The molecule has 0 aromatic heterocycles. The molecule has 1 amide bonds. The molecule has 0 spiro atoms. The number of hydrogen-bond acceptors (Lipinski definition) is 7. The zero-order valence-electron chi connectivity index (χ0n) is 14.7. The molecule has 0 heterocycles. The van der Waals surface area contributed by atoms with Crippen LogP contribution in [0.5, 0.6) is 11.5 Å². The second-order valence-electron chi connectivity index (χ2n) is 5.03. The fraction of sp³-hybridized carbons (Fsp3) is 0.353. The lowest BCUT2D eigenvalue weighted by Crippen LogP contribution is -2.34. The van der Waals surface area contributed by atoms with Crippen LogP contribution in [0.4, 0.5) is 5.69 Å². The van der Waals surface area contributed by atoms with Crippen molar-refractivity contribution in [3.63, 3.8) is 0 Å². The van der Waals surface area contributed by atoms with Crippen LogP contribution in [0.25, 0.3) is 0 Å². The van der Waals surface area contributed by atoms with Gasteiger partial charge < -0.3 is 25.2 Å². The summed E-state index contributed by atoms with van der Waals surface area (Å²) in [5, 5.41) is 23.5. The van der Waals surface area contributed by atoms with Crippen molar-refractivity contribution in [1.29, 1.82) is 5.26 Å². The summed E-state index contributed by atoms with van der Waals surface area (Å²) in [4.78, 5) is 23.5. The number of ether oxygens (including phenoxy) is 2. The monoisotopic (exact) mass is 379 g/mol. The van der Waals surface area contributed by atoms with Gasteiger partial charge in [0.15, 0.2) is 0 Å². The number of nitrogens with one attached hydrogen (secondary N) is 2. The summed E-state index contributed by atoms with van der Waals surface area (Å²) in [6, 6.07) is 5.71. The molecule has 3 N–H and O–H groups in total. The molecule has 26 heavy (non-hydrogen) atoms. The average molecular weight is 379 g/mol. The van der Waals surface area contributed by atoms with Gasteiger partial charge in [0.2, 0.25) is 0 Å². The van der Waals surface area contributed by atoms with E-state index in [9.17, 15) is 20.0 Å². The maximum Gasteiger partial charge on any atom is 0.326 e. The van der Waals surface area contributed by atoms with E-state index in [-0.39, 0.29) is 5.57 Å². The fourth-order valence-electron chi connectivity index (χ4n) is 1.95. The van der Waals surface area contributed by atoms with E-state index in [4.69, 9.17) is 9.47 Å². The van der Waals surface area contributed by atoms with E-state index in [1.54, 1.807) is 24.3 Å². The zero-order chi connectivity index (χ0) is 19.5. The number of methoxy groups -OCH3 is 2. The molecule has 1 aromatic rings. The Kier molecular flexibility index (Phi) is 8.87. The third-order valence-electron chi connectivity index (χ3n) is 3.36. The maximum atomic E-state index is 12.3. The number of benzene rings is 1. The Hall–Kier alpha value is -2.86. The normalized spacial score (nSPS) is 11.8. The van der Waals surface area contributed by atoms with Crippen molar-refractivity contribution in [2.75, 3.05) is 31.5 Å². The minimum absolute atomic E-state index is 0.259. The first-order valence-corrected chi connectivity index (χ1v) is 8.97. The Bertz CT molecular complexity index is 715. The molecule has 0 saturated heterocycles. The minimum Gasteiger partial charge on any atom is -0.497 e. The van der Waals surface area contributed by atoms with E-state index in [1.165, 1.54) is 26.0 Å². The van der Waals surface area contributed by atoms with Crippen molar-refractivity contribution in [2.45, 2.75) is 12.5 Å². The molecule has 0 aliphatic rings. The van der Waals surface area contributed by atoms with Gasteiger partial charge in [0, 0.05) is 12.3 Å². The van der Waals surface area contributed by atoms with Gasteiger partial charge in [-0.2, -0.15) is 17.0 Å². The molecule has 1 aromatic carbocycles. The highest BCUT2D eigenvalue weighted by atomic mass is 32.2. The van der Waals surface area contributed by atoms with Crippen molar-refractivity contribution in [2.24, 2.45) is 0 Å². The molecule has 1 atom stereocenters. The Morgan fingerprint density at radius 2 is 2.12 bits per heavy atom. The van der Waals surface area contributed by atoms with E-state index in [1.807, 2.05) is 6.26 Å². The molecule has 0 aliphatic carbocycles. The third kappa shape index (κ3) is 6.22. The predicted molar refractivity (Wildman–Crippen MR) is 99.4 cm³/mol. The molecule has 0 saturated carbocycles. The van der Waals surface area contributed by atoms with Crippen molar-refractivity contribution >= 4 is 29.3 Å². The van der Waals surface area contributed by atoms with Crippen LogP contribution in [0.2, 0.25) is 0 Å². The van der Waals surface area contributed by atoms with E-state index in [0.29, 0.717) is 29.4 Å². The number of carboxylic acid groups (broad SMARTS) is 1. The predicted octanol–water partition coefficient (Wildman–Crippen LogP) is 1.85. The summed E-state index contributed by atoms with van der Waals surface area (Å²) in [5.74, 6) is -0.215. The zero-order valence-corrected chi connectivity index (χ0v) is 15.6. The third-order valence-corrected chi connectivity index (χ3v) is 4.00. The van der Waals surface area contributed by atoms with E-state index >= 15 is 0 Å². The van der Waals surface area contributed by atoms with E-state index in [0.717, 1.165) is 6.20 Å². The van der Waals surface area contributed by atoms with Crippen LogP contribution in [-0.2, 0) is 9.59 Å². The van der Waals surface area contributed by atoms with Gasteiger partial charge in [-0.3, -0.25) is 4.79 Å². The summed E-state index contributed by atoms with van der Waals surface area (Å²) in [5.41, 5.74) is 0.0699. The summed E-state index contributed by atoms with van der Waals surface area (Å²) in [6.45, 7) is 0. The summed E-state index contributed by atoms with van der Waals surface area (Å²) in [6.07, 6.45) is 3.34. The SMILES string of the molecule is COc1ccc(OC)c(NC(=O)/C(C#N)=C\NC(CCSC)C(=O)O)c1. The van der Waals surface area contributed by atoms with Crippen LogP contribution >= 0.6 is 11.8 Å². The highest BCUT2D eigenvalue weighted by Gasteiger charge is 2.17. The number of carbonyl (C=O) groups is 2. The number of nitrogens with zero attached hydrogens (tertiary/aromatic N) is 1. The van der Waals surface area contributed by atoms with Crippen molar-refractivity contribution < 1.29 is 24.2 Å². The Labute approximate surface area is 156 Å². The van der Waals surface area contributed by atoms with Gasteiger partial charge >= 0.3 is 5.97 Å². The molecule has 0 radical (unpaired) electrons. The number of anilines is 1. The lowest BCUT2D eigenvalue weighted by atomic mass is 10.2. The Morgan fingerprint density at radius 1 is 1.38 bits per heavy atom. The molecular weight excluding hydrogens is 358 g/mol.